The summed E-state index contributed by atoms with van der Waals surface area (Å²) in [4.78, 5) is 0. The van der Waals surface area contributed by atoms with Crippen LogP contribution in [0.15, 0.2) is 36.4 Å². The summed E-state index contributed by atoms with van der Waals surface area (Å²) in [6.45, 7) is 1.92. The van der Waals surface area contributed by atoms with Crippen molar-refractivity contribution in [3.63, 3.8) is 0 Å². The topological polar surface area (TPSA) is 26.0 Å². The molecule has 1 atom stereocenters. The van der Waals surface area contributed by atoms with Crippen LogP contribution in [0.2, 0.25) is 10.0 Å². The van der Waals surface area contributed by atoms with Gasteiger partial charge in [-0.25, -0.2) is 4.39 Å². The SMILES string of the molecule is Cc1cc(C(N)Cc2cc(Cl)ccc2F)ccc1Cl. The van der Waals surface area contributed by atoms with E-state index in [2.05, 4.69) is 0 Å². The third kappa shape index (κ3) is 3.47. The summed E-state index contributed by atoms with van der Waals surface area (Å²) in [6.07, 6.45) is 0.396. The van der Waals surface area contributed by atoms with Crippen LogP contribution in [-0.2, 0) is 6.42 Å². The fourth-order valence-electron chi connectivity index (χ4n) is 1.95. The zero-order valence-electron chi connectivity index (χ0n) is 10.5. The van der Waals surface area contributed by atoms with Crippen LogP contribution in [0.1, 0.15) is 22.7 Å². The van der Waals surface area contributed by atoms with Crippen molar-refractivity contribution in [3.8, 4) is 0 Å². The van der Waals surface area contributed by atoms with Crippen LogP contribution in [0.25, 0.3) is 0 Å². The van der Waals surface area contributed by atoms with Crippen LogP contribution in [0.3, 0.4) is 0 Å². The maximum Gasteiger partial charge on any atom is 0.126 e. The molecule has 1 unspecified atom stereocenters. The van der Waals surface area contributed by atoms with E-state index in [0.717, 1.165) is 11.1 Å². The van der Waals surface area contributed by atoms with Crippen molar-refractivity contribution in [2.75, 3.05) is 0 Å². The third-order valence-electron chi connectivity index (χ3n) is 3.06. The van der Waals surface area contributed by atoms with Gasteiger partial charge in [0, 0.05) is 16.1 Å². The summed E-state index contributed by atoms with van der Waals surface area (Å²) in [5, 5.41) is 1.21. The van der Waals surface area contributed by atoms with Gasteiger partial charge in [-0.05, 0) is 54.3 Å². The van der Waals surface area contributed by atoms with Crippen LogP contribution >= 0.6 is 23.2 Å². The number of aryl methyl sites for hydroxylation is 1. The van der Waals surface area contributed by atoms with E-state index in [4.69, 9.17) is 28.9 Å². The van der Waals surface area contributed by atoms with Crippen molar-refractivity contribution >= 4 is 23.2 Å². The maximum absolute atomic E-state index is 13.7. The van der Waals surface area contributed by atoms with E-state index in [-0.39, 0.29) is 11.9 Å². The molecule has 2 rings (SSSR count). The van der Waals surface area contributed by atoms with E-state index in [1.165, 1.54) is 12.1 Å². The Hall–Kier alpha value is -1.09. The Morgan fingerprint density at radius 1 is 1.16 bits per heavy atom. The lowest BCUT2D eigenvalue weighted by atomic mass is 9.98. The van der Waals surface area contributed by atoms with Crippen molar-refractivity contribution in [1.29, 1.82) is 0 Å². The van der Waals surface area contributed by atoms with E-state index in [1.807, 2.05) is 19.1 Å². The number of benzene rings is 2. The molecule has 4 heteroatoms. The summed E-state index contributed by atoms with van der Waals surface area (Å²) < 4.78 is 13.7. The number of hydrogen-bond acceptors (Lipinski definition) is 1. The highest BCUT2D eigenvalue weighted by Gasteiger charge is 2.12. The summed E-state index contributed by atoms with van der Waals surface area (Å²) in [5.41, 5.74) is 8.52. The molecule has 0 aliphatic heterocycles. The number of rotatable bonds is 3. The van der Waals surface area contributed by atoms with Crippen molar-refractivity contribution in [1.82, 2.24) is 0 Å². The Bertz CT molecular complexity index is 599. The average molecular weight is 298 g/mol. The van der Waals surface area contributed by atoms with Gasteiger partial charge in [0.05, 0.1) is 0 Å². The first-order valence-corrected chi connectivity index (χ1v) is 6.68. The Morgan fingerprint density at radius 3 is 2.58 bits per heavy atom. The molecule has 100 valence electrons. The average Bonchev–Trinajstić information content (AvgIpc) is 2.37. The van der Waals surface area contributed by atoms with Gasteiger partial charge in [-0.1, -0.05) is 35.3 Å². The molecule has 0 heterocycles. The Morgan fingerprint density at radius 2 is 1.89 bits per heavy atom. The van der Waals surface area contributed by atoms with Crippen LogP contribution in [0.4, 0.5) is 4.39 Å². The van der Waals surface area contributed by atoms with E-state index in [1.54, 1.807) is 12.1 Å². The van der Waals surface area contributed by atoms with Gasteiger partial charge in [-0.3, -0.25) is 0 Å². The van der Waals surface area contributed by atoms with Crippen molar-refractivity contribution in [2.24, 2.45) is 5.73 Å². The predicted molar refractivity (Wildman–Crippen MR) is 78.2 cm³/mol. The lowest BCUT2D eigenvalue weighted by molar-refractivity contribution is 0.593. The smallest absolute Gasteiger partial charge is 0.126 e. The third-order valence-corrected chi connectivity index (χ3v) is 3.72. The first kappa shape index (κ1) is 14.3. The van der Waals surface area contributed by atoms with Crippen LogP contribution < -0.4 is 5.73 Å². The molecule has 0 saturated carbocycles. The first-order valence-electron chi connectivity index (χ1n) is 5.93. The zero-order chi connectivity index (χ0) is 14.0. The molecule has 0 bridgehead atoms. The van der Waals surface area contributed by atoms with Crippen molar-refractivity contribution in [2.45, 2.75) is 19.4 Å². The quantitative estimate of drug-likeness (QED) is 0.874. The molecule has 0 spiro atoms. The van der Waals surface area contributed by atoms with Gasteiger partial charge >= 0.3 is 0 Å². The molecule has 0 saturated heterocycles. The Balaban J connectivity index is 2.22. The lowest BCUT2D eigenvalue weighted by Crippen LogP contribution is -2.14. The summed E-state index contributed by atoms with van der Waals surface area (Å²) in [5.74, 6) is -0.287. The van der Waals surface area contributed by atoms with Gasteiger partial charge in [0.2, 0.25) is 0 Å². The van der Waals surface area contributed by atoms with Gasteiger partial charge in [-0.15, -0.1) is 0 Å². The second-order valence-electron chi connectivity index (χ2n) is 4.55. The number of halogens is 3. The van der Waals surface area contributed by atoms with Gasteiger partial charge in [0.25, 0.3) is 0 Å². The molecule has 0 fully saturated rings. The molecule has 19 heavy (non-hydrogen) atoms. The minimum absolute atomic E-state index is 0.287. The Kier molecular flexibility index (Phi) is 4.46. The van der Waals surface area contributed by atoms with Crippen LogP contribution in [0, 0.1) is 12.7 Å². The van der Waals surface area contributed by atoms with Gasteiger partial charge in [-0.2, -0.15) is 0 Å². The van der Waals surface area contributed by atoms with E-state index < -0.39 is 0 Å². The largest absolute Gasteiger partial charge is 0.324 e. The highest BCUT2D eigenvalue weighted by Crippen LogP contribution is 2.24. The second kappa shape index (κ2) is 5.91. The number of nitrogens with two attached hydrogens (primary N) is 1. The molecule has 2 aromatic rings. The molecule has 0 aromatic heterocycles. The highest BCUT2D eigenvalue weighted by molar-refractivity contribution is 6.31. The summed E-state index contributed by atoms with van der Waals surface area (Å²) in [7, 11) is 0. The normalized spacial score (nSPS) is 12.5. The van der Waals surface area contributed by atoms with E-state index in [9.17, 15) is 4.39 Å². The summed E-state index contributed by atoms with van der Waals surface area (Å²) in [6, 6.07) is 9.80. The summed E-state index contributed by atoms with van der Waals surface area (Å²) >= 11 is 11.8. The highest BCUT2D eigenvalue weighted by atomic mass is 35.5. The molecule has 1 nitrogen and oxygen atoms in total. The van der Waals surface area contributed by atoms with E-state index >= 15 is 0 Å². The van der Waals surface area contributed by atoms with E-state index in [0.29, 0.717) is 22.0 Å². The van der Waals surface area contributed by atoms with Gasteiger partial charge in [0.1, 0.15) is 5.82 Å². The van der Waals surface area contributed by atoms with Crippen LogP contribution in [0.5, 0.6) is 0 Å². The monoisotopic (exact) mass is 297 g/mol. The molecule has 0 radical (unpaired) electrons. The van der Waals surface area contributed by atoms with Gasteiger partial charge < -0.3 is 5.73 Å². The van der Waals surface area contributed by atoms with Crippen LogP contribution in [-0.4, -0.2) is 0 Å². The fraction of sp³-hybridized carbons (Fsp3) is 0.200. The number of hydrogen-bond donors (Lipinski definition) is 1. The molecule has 0 aliphatic carbocycles. The molecule has 0 amide bonds. The Labute approximate surface area is 122 Å². The predicted octanol–water partition coefficient (Wildman–Crippen LogP) is 4.68. The minimum Gasteiger partial charge on any atom is -0.324 e. The molecular weight excluding hydrogens is 284 g/mol. The molecule has 0 aliphatic rings. The first-order chi connectivity index (χ1) is 8.97. The minimum atomic E-state index is -0.288. The van der Waals surface area contributed by atoms with Crippen molar-refractivity contribution in [3.05, 3.63) is 69.0 Å². The molecular formula is C15H14Cl2FN. The molecule has 2 aromatic carbocycles. The lowest BCUT2D eigenvalue weighted by Gasteiger charge is -2.14. The second-order valence-corrected chi connectivity index (χ2v) is 5.40. The standard InChI is InChI=1S/C15H14Cl2FN/c1-9-6-10(2-4-13(9)17)15(19)8-11-7-12(16)3-5-14(11)18/h2-7,15H,8,19H2,1H3. The van der Waals surface area contributed by atoms with Crippen molar-refractivity contribution < 1.29 is 4.39 Å². The maximum atomic E-state index is 13.7. The fourth-order valence-corrected chi connectivity index (χ4v) is 2.27. The molecule has 2 N–H and O–H groups in total. The van der Waals surface area contributed by atoms with Gasteiger partial charge in [0.15, 0.2) is 0 Å². The zero-order valence-corrected chi connectivity index (χ0v) is 12.0.